The Morgan fingerprint density at radius 3 is 2.90 bits per heavy atom. The van der Waals surface area contributed by atoms with E-state index >= 15 is 0 Å². The summed E-state index contributed by atoms with van der Waals surface area (Å²) in [6, 6.07) is 0. The molecular weight excluding hydrogens is 156 g/mol. The highest BCUT2D eigenvalue weighted by molar-refractivity contribution is 8.21. The van der Waals surface area contributed by atoms with Gasteiger partial charge < -0.3 is 4.84 Å². The number of allylic oxidation sites excluding steroid dienone is 2. The van der Waals surface area contributed by atoms with Crippen LogP contribution in [-0.2, 0) is 4.84 Å². The van der Waals surface area contributed by atoms with E-state index in [1.807, 2.05) is 0 Å². The Kier molecular flexibility index (Phi) is 2.16. The molecule has 1 unspecified atom stereocenters. The van der Waals surface area contributed by atoms with Crippen molar-refractivity contribution in [1.29, 1.82) is 0 Å². The zero-order chi connectivity index (χ0) is 7.40. The van der Waals surface area contributed by atoms with Gasteiger partial charge >= 0.3 is 0 Å². The van der Waals surface area contributed by atoms with Crippen LogP contribution in [0.1, 0.15) is 0 Å². The van der Waals surface area contributed by atoms with E-state index in [9.17, 15) is 9.81 Å². The van der Waals surface area contributed by atoms with Crippen LogP contribution in [0.5, 0.6) is 0 Å². The summed E-state index contributed by atoms with van der Waals surface area (Å²) in [5.74, 6) is 0. The van der Waals surface area contributed by atoms with Crippen molar-refractivity contribution in [3.8, 4) is 0 Å². The van der Waals surface area contributed by atoms with Crippen molar-refractivity contribution < 1.29 is 4.84 Å². The molecule has 1 rings (SSSR count). The lowest BCUT2D eigenvalue weighted by Gasteiger charge is -2.01. The molecule has 1 heterocycles. The molecular formula is C4H4N2O3S. The number of thiol groups is 1. The minimum absolute atomic E-state index is 0.236. The van der Waals surface area contributed by atoms with Gasteiger partial charge in [0.2, 0.25) is 0 Å². The van der Waals surface area contributed by atoms with Crippen molar-refractivity contribution in [3.63, 3.8) is 0 Å². The molecule has 1 aliphatic rings. The molecule has 0 spiro atoms. The summed E-state index contributed by atoms with van der Waals surface area (Å²) in [5, 5.41) is 3.98. The van der Waals surface area contributed by atoms with Crippen molar-refractivity contribution in [2.45, 2.75) is 0 Å². The highest BCUT2D eigenvalue weighted by Gasteiger charge is 2.12. The lowest BCUT2D eigenvalue weighted by molar-refractivity contribution is 0.250. The molecule has 6 heteroatoms. The van der Waals surface area contributed by atoms with Gasteiger partial charge in [-0.1, -0.05) is 6.08 Å². The van der Waals surface area contributed by atoms with Gasteiger partial charge in [-0.2, -0.15) is 0 Å². The van der Waals surface area contributed by atoms with Crippen LogP contribution in [0.15, 0.2) is 32.6 Å². The second-order valence-corrected chi connectivity index (χ2v) is 3.03. The summed E-state index contributed by atoms with van der Waals surface area (Å²) in [6.07, 6.45) is 3.10. The summed E-state index contributed by atoms with van der Waals surface area (Å²) in [5.41, 5.74) is 0. The minimum Gasteiger partial charge on any atom is -0.317 e. The van der Waals surface area contributed by atoms with E-state index in [-0.39, 0.29) is 5.09 Å². The average molecular weight is 160 g/mol. The molecule has 0 saturated heterocycles. The monoisotopic (exact) mass is 160 g/mol. The molecule has 10 heavy (non-hydrogen) atoms. The predicted molar refractivity (Wildman–Crippen MR) is 38.9 cm³/mol. The first-order valence-electron chi connectivity index (χ1n) is 2.39. The topological polar surface area (TPSA) is 68.1 Å². The fourth-order valence-electron chi connectivity index (χ4n) is 0.535. The van der Waals surface area contributed by atoms with Crippen molar-refractivity contribution >= 4 is 11.1 Å². The minimum atomic E-state index is -1.28. The van der Waals surface area contributed by atoms with E-state index in [2.05, 4.69) is 14.8 Å². The molecule has 0 aromatic carbocycles. The number of nitroso groups, excluding NO2 is 1. The molecule has 0 fully saturated rings. The summed E-state index contributed by atoms with van der Waals surface area (Å²) >= 11 is -1.28. The van der Waals surface area contributed by atoms with Gasteiger partial charge in [0.15, 0.2) is 10.4 Å². The zero-order valence-corrected chi connectivity index (χ0v) is 5.69. The van der Waals surface area contributed by atoms with Crippen LogP contribution in [0, 0.1) is 9.81 Å². The molecule has 5 nitrogen and oxygen atoms in total. The van der Waals surface area contributed by atoms with Gasteiger partial charge in [0.1, 0.15) is 0 Å². The van der Waals surface area contributed by atoms with E-state index < -0.39 is 11.1 Å². The SMILES string of the molecule is O=NOC1=CC=C[SH]1N=O. The molecule has 0 aromatic rings. The zero-order valence-electron chi connectivity index (χ0n) is 4.80. The van der Waals surface area contributed by atoms with Gasteiger partial charge in [0.25, 0.3) is 0 Å². The maximum Gasteiger partial charge on any atom is 0.200 e. The Bertz CT molecular complexity index is 213. The second kappa shape index (κ2) is 3.11. The predicted octanol–water partition coefficient (Wildman–Crippen LogP) is 1.74. The highest BCUT2D eigenvalue weighted by atomic mass is 32.2. The molecule has 54 valence electrons. The van der Waals surface area contributed by atoms with Crippen molar-refractivity contribution in [3.05, 3.63) is 32.5 Å². The van der Waals surface area contributed by atoms with Crippen LogP contribution >= 0.6 is 11.1 Å². The van der Waals surface area contributed by atoms with Gasteiger partial charge in [-0.05, 0) is 27.1 Å². The molecule has 1 aliphatic heterocycles. The van der Waals surface area contributed by atoms with Gasteiger partial charge in [-0.15, -0.1) is 9.81 Å². The number of hydrogen-bond acceptors (Lipinski definition) is 5. The number of rotatable bonds is 3. The third-order valence-electron chi connectivity index (χ3n) is 0.911. The molecule has 0 bridgehead atoms. The van der Waals surface area contributed by atoms with E-state index in [4.69, 9.17) is 0 Å². The third-order valence-corrected chi connectivity index (χ3v) is 2.22. The summed E-state index contributed by atoms with van der Waals surface area (Å²) in [4.78, 5) is 23.7. The molecule has 0 saturated carbocycles. The first-order valence-corrected chi connectivity index (χ1v) is 3.75. The van der Waals surface area contributed by atoms with Crippen LogP contribution < -0.4 is 0 Å². The number of hydrogen-bond donors (Lipinski definition) is 1. The average Bonchev–Trinajstić information content (AvgIpc) is 2.36. The second-order valence-electron chi connectivity index (χ2n) is 1.44. The molecule has 0 N–H and O–H groups in total. The summed E-state index contributed by atoms with van der Waals surface area (Å²) < 4.78 is 2.72. The number of nitrogens with zero attached hydrogens (tertiary/aromatic N) is 2. The Morgan fingerprint density at radius 1 is 1.50 bits per heavy atom. The smallest absolute Gasteiger partial charge is 0.200 e. The molecule has 0 radical (unpaired) electrons. The largest absolute Gasteiger partial charge is 0.317 e. The lowest BCUT2D eigenvalue weighted by atomic mass is 10.6. The van der Waals surface area contributed by atoms with E-state index in [1.54, 1.807) is 11.5 Å². The third kappa shape index (κ3) is 1.21. The maximum atomic E-state index is 9.96. The van der Waals surface area contributed by atoms with Gasteiger partial charge in [0, 0.05) is 0 Å². The van der Waals surface area contributed by atoms with Crippen molar-refractivity contribution in [2.75, 3.05) is 0 Å². The fraction of sp³-hybridized carbons (Fsp3) is 0. The molecule has 0 aromatic heterocycles. The molecule has 0 aliphatic carbocycles. The first-order chi connectivity index (χ1) is 4.88. The highest BCUT2D eigenvalue weighted by Crippen LogP contribution is 2.42. The van der Waals surface area contributed by atoms with E-state index in [1.165, 1.54) is 6.08 Å². The first kappa shape index (κ1) is 6.94. The quantitative estimate of drug-likeness (QED) is 0.388. The van der Waals surface area contributed by atoms with Crippen LogP contribution in [0.4, 0.5) is 0 Å². The normalized spacial score (nSPS) is 25.6. The van der Waals surface area contributed by atoms with Crippen LogP contribution in [0.25, 0.3) is 0 Å². The Hall–Kier alpha value is -1.17. The Balaban J connectivity index is 2.61. The maximum absolute atomic E-state index is 9.96. The summed E-state index contributed by atoms with van der Waals surface area (Å²) in [7, 11) is 0. The van der Waals surface area contributed by atoms with Gasteiger partial charge in [-0.3, -0.25) is 0 Å². The fourth-order valence-corrected chi connectivity index (χ4v) is 1.42. The molecule has 1 atom stereocenters. The van der Waals surface area contributed by atoms with E-state index in [0.717, 1.165) is 0 Å². The Morgan fingerprint density at radius 2 is 2.30 bits per heavy atom. The van der Waals surface area contributed by atoms with Crippen molar-refractivity contribution in [1.82, 2.24) is 0 Å². The van der Waals surface area contributed by atoms with Gasteiger partial charge in [0.05, 0.1) is 0 Å². The van der Waals surface area contributed by atoms with Crippen LogP contribution in [-0.4, -0.2) is 0 Å². The summed E-state index contributed by atoms with van der Waals surface area (Å²) in [6.45, 7) is 0. The van der Waals surface area contributed by atoms with Crippen LogP contribution in [0.3, 0.4) is 0 Å². The van der Waals surface area contributed by atoms with Gasteiger partial charge in [-0.25, -0.2) is 0 Å². The van der Waals surface area contributed by atoms with Crippen molar-refractivity contribution in [2.24, 2.45) is 9.92 Å². The standard InChI is InChI=1S/C4H4N2O3S/c7-5-9-4-2-1-3-10(4)6-8/h1-3,10H. The lowest BCUT2D eigenvalue weighted by Crippen LogP contribution is -1.77. The molecule has 0 amide bonds. The Labute approximate surface area is 59.1 Å². The van der Waals surface area contributed by atoms with Crippen LogP contribution in [0.2, 0.25) is 0 Å². The van der Waals surface area contributed by atoms with E-state index in [0.29, 0.717) is 0 Å².